The van der Waals surface area contributed by atoms with Crippen LogP contribution in [0.4, 0.5) is 0 Å². The van der Waals surface area contributed by atoms with E-state index in [1.54, 1.807) is 11.3 Å². The Morgan fingerprint density at radius 1 is 1.21 bits per heavy atom. The number of hydrogen-bond donors (Lipinski definition) is 2. The van der Waals surface area contributed by atoms with Crippen LogP contribution in [0.2, 0.25) is 0 Å². The summed E-state index contributed by atoms with van der Waals surface area (Å²) in [5.41, 5.74) is 0. The highest BCUT2D eigenvalue weighted by Crippen LogP contribution is 2.26. The molecule has 2 aromatic heterocycles. The van der Waals surface area contributed by atoms with Crippen molar-refractivity contribution < 1.29 is 9.90 Å². The molecule has 2 aromatic rings. The van der Waals surface area contributed by atoms with Crippen LogP contribution in [-0.4, -0.2) is 24.2 Å². The molecular weight excluding hydrogens is 278 g/mol. The van der Waals surface area contributed by atoms with E-state index in [2.05, 4.69) is 11.4 Å². The fourth-order valence-corrected chi connectivity index (χ4v) is 3.50. The van der Waals surface area contributed by atoms with Gasteiger partial charge in [0, 0.05) is 18.0 Å². The standard InChI is InChI=1S/C14H17NO2S2/c16-8-6-11(12-3-1-9-18-12)5-7-15-14(17)13-4-2-10-19-13/h1-4,9-11,16H,5-8H2,(H,15,17)/t11-/m1/s1. The maximum absolute atomic E-state index is 11.8. The Morgan fingerprint density at radius 3 is 2.63 bits per heavy atom. The third-order valence-electron chi connectivity index (χ3n) is 2.95. The molecule has 1 atom stereocenters. The molecule has 102 valence electrons. The molecule has 0 fully saturated rings. The predicted octanol–water partition coefficient (Wildman–Crippen LogP) is 3.10. The first-order valence-corrected chi connectivity index (χ1v) is 8.03. The topological polar surface area (TPSA) is 49.3 Å². The van der Waals surface area contributed by atoms with E-state index in [0.29, 0.717) is 12.5 Å². The van der Waals surface area contributed by atoms with Crippen molar-refractivity contribution in [2.75, 3.05) is 13.2 Å². The summed E-state index contributed by atoms with van der Waals surface area (Å²) < 4.78 is 0. The number of thiophene rings is 2. The lowest BCUT2D eigenvalue weighted by Crippen LogP contribution is -2.24. The minimum atomic E-state index is -0.0103. The van der Waals surface area contributed by atoms with Crippen LogP contribution in [0.15, 0.2) is 35.0 Å². The molecule has 2 heterocycles. The lowest BCUT2D eigenvalue weighted by molar-refractivity contribution is 0.0956. The van der Waals surface area contributed by atoms with E-state index >= 15 is 0 Å². The molecule has 0 saturated heterocycles. The van der Waals surface area contributed by atoms with Crippen molar-refractivity contribution in [3.63, 3.8) is 0 Å². The fourth-order valence-electron chi connectivity index (χ4n) is 1.96. The average molecular weight is 295 g/mol. The van der Waals surface area contributed by atoms with Gasteiger partial charge in [0.15, 0.2) is 0 Å². The maximum Gasteiger partial charge on any atom is 0.261 e. The summed E-state index contributed by atoms with van der Waals surface area (Å²) in [4.78, 5) is 13.8. The van der Waals surface area contributed by atoms with Crippen molar-refractivity contribution in [3.05, 3.63) is 44.8 Å². The van der Waals surface area contributed by atoms with Crippen LogP contribution in [0.3, 0.4) is 0 Å². The smallest absolute Gasteiger partial charge is 0.261 e. The lowest BCUT2D eigenvalue weighted by atomic mass is 10.00. The molecule has 0 aliphatic carbocycles. The minimum absolute atomic E-state index is 0.0103. The summed E-state index contributed by atoms with van der Waals surface area (Å²) in [6.45, 7) is 0.820. The molecule has 0 aromatic carbocycles. The van der Waals surface area contributed by atoms with Gasteiger partial charge in [-0.2, -0.15) is 0 Å². The van der Waals surface area contributed by atoms with Crippen LogP contribution in [0, 0.1) is 0 Å². The largest absolute Gasteiger partial charge is 0.396 e. The Labute approximate surface area is 120 Å². The summed E-state index contributed by atoms with van der Waals surface area (Å²) in [5, 5.41) is 16.0. The van der Waals surface area contributed by atoms with Crippen molar-refractivity contribution in [1.82, 2.24) is 5.32 Å². The minimum Gasteiger partial charge on any atom is -0.396 e. The van der Waals surface area contributed by atoms with E-state index in [0.717, 1.165) is 17.7 Å². The van der Waals surface area contributed by atoms with Crippen molar-refractivity contribution >= 4 is 28.6 Å². The number of carbonyl (C=O) groups excluding carboxylic acids is 1. The van der Waals surface area contributed by atoms with E-state index in [9.17, 15) is 4.79 Å². The summed E-state index contributed by atoms with van der Waals surface area (Å²) in [5.74, 6) is 0.317. The second-order valence-corrected chi connectivity index (χ2v) is 6.17. The third-order valence-corrected chi connectivity index (χ3v) is 4.85. The summed E-state index contributed by atoms with van der Waals surface area (Å²) in [7, 11) is 0. The normalized spacial score (nSPS) is 12.3. The highest BCUT2D eigenvalue weighted by molar-refractivity contribution is 7.12. The first-order chi connectivity index (χ1) is 9.31. The van der Waals surface area contributed by atoms with Crippen molar-refractivity contribution in [1.29, 1.82) is 0 Å². The summed E-state index contributed by atoms with van der Waals surface area (Å²) >= 11 is 3.15. The highest BCUT2D eigenvalue weighted by Gasteiger charge is 2.13. The van der Waals surface area contributed by atoms with E-state index in [1.807, 2.05) is 29.0 Å². The quantitative estimate of drug-likeness (QED) is 0.824. The Kier molecular flexibility index (Phi) is 5.57. The highest BCUT2D eigenvalue weighted by atomic mass is 32.1. The van der Waals surface area contributed by atoms with Crippen LogP contribution in [0.5, 0.6) is 0 Å². The molecule has 3 nitrogen and oxygen atoms in total. The van der Waals surface area contributed by atoms with Gasteiger partial charge in [-0.05, 0) is 41.7 Å². The molecule has 5 heteroatoms. The molecule has 0 radical (unpaired) electrons. The van der Waals surface area contributed by atoms with Crippen molar-refractivity contribution in [2.45, 2.75) is 18.8 Å². The Balaban J connectivity index is 1.81. The van der Waals surface area contributed by atoms with Crippen molar-refractivity contribution in [3.8, 4) is 0 Å². The van der Waals surface area contributed by atoms with E-state index in [4.69, 9.17) is 5.11 Å². The predicted molar refractivity (Wildman–Crippen MR) is 80.0 cm³/mol. The molecule has 0 unspecified atom stereocenters. The molecule has 19 heavy (non-hydrogen) atoms. The van der Waals surface area contributed by atoms with E-state index in [-0.39, 0.29) is 12.5 Å². The molecule has 0 aliphatic rings. The number of hydrogen-bond acceptors (Lipinski definition) is 4. The van der Waals surface area contributed by atoms with Gasteiger partial charge < -0.3 is 10.4 Å². The fraction of sp³-hybridized carbons (Fsp3) is 0.357. The molecule has 2 rings (SSSR count). The molecule has 0 spiro atoms. The van der Waals surface area contributed by atoms with Crippen molar-refractivity contribution in [2.24, 2.45) is 0 Å². The third kappa shape index (κ3) is 4.16. The van der Waals surface area contributed by atoms with E-state index < -0.39 is 0 Å². The first-order valence-electron chi connectivity index (χ1n) is 6.27. The van der Waals surface area contributed by atoms with Gasteiger partial charge in [-0.25, -0.2) is 0 Å². The number of aliphatic hydroxyl groups is 1. The van der Waals surface area contributed by atoms with Crippen LogP contribution < -0.4 is 5.32 Å². The van der Waals surface area contributed by atoms with Gasteiger partial charge in [0.05, 0.1) is 4.88 Å². The zero-order valence-corrected chi connectivity index (χ0v) is 12.2. The number of amides is 1. The second-order valence-electron chi connectivity index (χ2n) is 4.25. The van der Waals surface area contributed by atoms with Gasteiger partial charge >= 0.3 is 0 Å². The summed E-state index contributed by atoms with van der Waals surface area (Å²) in [6, 6.07) is 7.81. The average Bonchev–Trinajstić information content (AvgIpc) is 3.10. The zero-order chi connectivity index (χ0) is 13.5. The Bertz CT molecular complexity index is 480. The Morgan fingerprint density at radius 2 is 2.00 bits per heavy atom. The van der Waals surface area contributed by atoms with Crippen LogP contribution in [0.25, 0.3) is 0 Å². The first kappa shape index (κ1) is 14.2. The van der Waals surface area contributed by atoms with Gasteiger partial charge in [-0.15, -0.1) is 22.7 Å². The zero-order valence-electron chi connectivity index (χ0n) is 10.5. The van der Waals surface area contributed by atoms with Gasteiger partial charge in [0.1, 0.15) is 0 Å². The number of aliphatic hydroxyl groups excluding tert-OH is 1. The van der Waals surface area contributed by atoms with Crippen LogP contribution in [-0.2, 0) is 0 Å². The molecular formula is C14H17NO2S2. The summed E-state index contributed by atoms with van der Waals surface area (Å²) in [6.07, 6.45) is 1.60. The van der Waals surface area contributed by atoms with Gasteiger partial charge in [0.2, 0.25) is 0 Å². The molecule has 0 aliphatic heterocycles. The molecule has 1 amide bonds. The lowest BCUT2D eigenvalue weighted by Gasteiger charge is -2.14. The van der Waals surface area contributed by atoms with Gasteiger partial charge in [0.25, 0.3) is 5.91 Å². The molecule has 0 saturated carbocycles. The van der Waals surface area contributed by atoms with E-state index in [1.165, 1.54) is 16.2 Å². The van der Waals surface area contributed by atoms with Gasteiger partial charge in [-0.3, -0.25) is 4.79 Å². The second kappa shape index (κ2) is 7.43. The number of carbonyl (C=O) groups is 1. The number of rotatable bonds is 7. The van der Waals surface area contributed by atoms with Gasteiger partial charge in [-0.1, -0.05) is 12.1 Å². The SMILES string of the molecule is O=C(NCC[C@H](CCO)c1cccs1)c1cccs1. The van der Waals surface area contributed by atoms with Crippen LogP contribution >= 0.6 is 22.7 Å². The van der Waals surface area contributed by atoms with Crippen LogP contribution in [0.1, 0.15) is 33.3 Å². The Hall–Kier alpha value is -1.17. The molecule has 2 N–H and O–H groups in total. The molecule has 0 bridgehead atoms. The number of nitrogens with one attached hydrogen (secondary N) is 1. The monoisotopic (exact) mass is 295 g/mol. The maximum atomic E-state index is 11.8.